The Bertz CT molecular complexity index is 1500. The summed E-state index contributed by atoms with van der Waals surface area (Å²) in [5, 5.41) is 4.15. The van der Waals surface area contributed by atoms with Crippen molar-refractivity contribution in [3.05, 3.63) is 88.9 Å². The van der Waals surface area contributed by atoms with Crippen LogP contribution in [0.2, 0.25) is 0 Å². The Morgan fingerprint density at radius 1 is 1.06 bits per heavy atom. The van der Waals surface area contributed by atoms with Crippen molar-refractivity contribution >= 4 is 22.5 Å². The molecular weight excluding hydrogens is 455 g/mol. The van der Waals surface area contributed by atoms with Gasteiger partial charge >= 0.3 is 0 Å². The fraction of sp³-hybridized carbons (Fsp3) is 0.300. The predicted octanol–water partition coefficient (Wildman–Crippen LogP) is 6.84. The smallest absolute Gasteiger partial charge is 0.235 e. The van der Waals surface area contributed by atoms with Crippen molar-refractivity contribution in [2.24, 2.45) is 0 Å². The molecule has 1 aliphatic carbocycles. The number of rotatable bonds is 5. The third-order valence-corrected chi connectivity index (χ3v) is 7.35. The Morgan fingerprint density at radius 3 is 2.58 bits per heavy atom. The highest BCUT2D eigenvalue weighted by atomic mass is 19.1. The van der Waals surface area contributed by atoms with Crippen LogP contribution in [0.5, 0.6) is 11.5 Å². The lowest BCUT2D eigenvalue weighted by Gasteiger charge is -2.20. The Balaban J connectivity index is 0.00000280. The molecular formula is C30H31FN2O3. The largest absolute Gasteiger partial charge is 0.454 e. The van der Waals surface area contributed by atoms with E-state index in [-0.39, 0.29) is 25.4 Å². The minimum absolute atomic E-state index is 0. The number of anilines is 1. The Morgan fingerprint density at radius 2 is 1.83 bits per heavy atom. The molecule has 6 rings (SSSR count). The average molecular weight is 487 g/mol. The second-order valence-corrected chi connectivity index (χ2v) is 10.9. The van der Waals surface area contributed by atoms with Crippen LogP contribution in [-0.2, 0) is 22.0 Å². The summed E-state index contributed by atoms with van der Waals surface area (Å²) in [6.07, 6.45) is 2.05. The van der Waals surface area contributed by atoms with Crippen LogP contribution in [0.4, 0.5) is 10.1 Å². The summed E-state index contributed by atoms with van der Waals surface area (Å²) < 4.78 is 25.5. The van der Waals surface area contributed by atoms with Crippen molar-refractivity contribution in [2.45, 2.75) is 50.9 Å². The lowest BCUT2D eigenvalue weighted by molar-refractivity contribution is -0.118. The van der Waals surface area contributed by atoms with Gasteiger partial charge in [-0.05, 0) is 65.9 Å². The van der Waals surface area contributed by atoms with Crippen LogP contribution in [0.15, 0.2) is 60.7 Å². The van der Waals surface area contributed by atoms with E-state index in [0.29, 0.717) is 23.5 Å². The summed E-state index contributed by atoms with van der Waals surface area (Å²) in [4.78, 5) is 17.0. The Labute approximate surface area is 211 Å². The number of carbonyl (C=O) groups excluding carboxylic acids is 1. The number of nitrogens with one attached hydrogen (secondary N) is 2. The third kappa shape index (κ3) is 3.81. The van der Waals surface area contributed by atoms with Gasteiger partial charge in [0.1, 0.15) is 5.82 Å². The van der Waals surface area contributed by atoms with Crippen LogP contribution in [-0.4, -0.2) is 17.7 Å². The SMILES string of the molecule is CC(C)(C)c1[nH]c2ccc(NC(=O)C3(c4ccc5c(c4)OCO5)CC3)cc2c1Cc1ccccc1F.[HH]. The van der Waals surface area contributed by atoms with E-state index in [1.54, 1.807) is 6.07 Å². The van der Waals surface area contributed by atoms with Crippen molar-refractivity contribution in [3.8, 4) is 11.5 Å². The maximum absolute atomic E-state index is 14.6. The van der Waals surface area contributed by atoms with Crippen LogP contribution in [0.25, 0.3) is 10.9 Å². The molecule has 0 atom stereocenters. The summed E-state index contributed by atoms with van der Waals surface area (Å²) in [5.74, 6) is 1.16. The molecule has 0 unspecified atom stereocenters. The first-order valence-electron chi connectivity index (χ1n) is 12.3. The number of hydrogen-bond acceptors (Lipinski definition) is 3. The number of aromatic amines is 1. The van der Waals surface area contributed by atoms with Gasteiger partial charge in [0, 0.05) is 35.5 Å². The van der Waals surface area contributed by atoms with E-state index in [0.717, 1.165) is 46.3 Å². The van der Waals surface area contributed by atoms with E-state index in [2.05, 4.69) is 31.1 Å². The molecule has 6 heteroatoms. The highest BCUT2D eigenvalue weighted by Gasteiger charge is 2.51. The molecule has 0 saturated heterocycles. The monoisotopic (exact) mass is 486 g/mol. The highest BCUT2D eigenvalue weighted by molar-refractivity contribution is 6.03. The van der Waals surface area contributed by atoms with Crippen LogP contribution in [0.1, 0.15) is 57.4 Å². The van der Waals surface area contributed by atoms with Gasteiger partial charge in [-0.3, -0.25) is 4.79 Å². The lowest BCUT2D eigenvalue weighted by atomic mass is 9.87. The van der Waals surface area contributed by atoms with Gasteiger partial charge < -0.3 is 19.8 Å². The zero-order chi connectivity index (χ0) is 25.1. The van der Waals surface area contributed by atoms with Gasteiger partial charge in [0.05, 0.1) is 5.41 Å². The quantitative estimate of drug-likeness (QED) is 0.325. The maximum atomic E-state index is 14.6. The highest BCUT2D eigenvalue weighted by Crippen LogP contribution is 2.51. The molecule has 4 aromatic rings. The normalized spacial score (nSPS) is 15.8. The predicted molar refractivity (Wildman–Crippen MR) is 140 cm³/mol. The zero-order valence-corrected chi connectivity index (χ0v) is 20.7. The number of aromatic nitrogens is 1. The minimum atomic E-state index is -0.555. The van der Waals surface area contributed by atoms with E-state index in [1.807, 2.05) is 48.5 Å². The van der Waals surface area contributed by atoms with Crippen LogP contribution in [0, 0.1) is 5.82 Å². The number of fused-ring (bicyclic) bond motifs is 2. The van der Waals surface area contributed by atoms with Gasteiger partial charge in [0.15, 0.2) is 11.5 Å². The Hall–Kier alpha value is -3.80. The summed E-state index contributed by atoms with van der Waals surface area (Å²) in [6.45, 7) is 6.65. The second-order valence-electron chi connectivity index (χ2n) is 10.9. The molecule has 1 fully saturated rings. The number of benzene rings is 3. The molecule has 36 heavy (non-hydrogen) atoms. The van der Waals surface area contributed by atoms with Gasteiger partial charge in [-0.15, -0.1) is 0 Å². The van der Waals surface area contributed by atoms with Crippen molar-refractivity contribution in [1.82, 2.24) is 4.98 Å². The number of amides is 1. The second kappa shape index (κ2) is 8.12. The first kappa shape index (κ1) is 22.7. The van der Waals surface area contributed by atoms with Crippen LogP contribution >= 0.6 is 0 Å². The molecule has 2 heterocycles. The number of halogens is 1. The molecule has 1 amide bonds. The number of H-pyrrole nitrogens is 1. The molecule has 3 aromatic carbocycles. The van der Waals surface area contributed by atoms with E-state index in [1.165, 1.54) is 6.07 Å². The average Bonchev–Trinajstić information content (AvgIpc) is 3.39. The molecule has 5 nitrogen and oxygen atoms in total. The molecule has 1 aromatic heterocycles. The number of ether oxygens (including phenoxy) is 2. The van der Waals surface area contributed by atoms with E-state index in [4.69, 9.17) is 9.47 Å². The van der Waals surface area contributed by atoms with Crippen molar-refractivity contribution < 1.29 is 20.1 Å². The summed E-state index contributed by atoms with van der Waals surface area (Å²) in [7, 11) is 0. The molecule has 0 bridgehead atoms. The molecule has 1 saturated carbocycles. The standard InChI is InChI=1S/C30H29FN2O3.H2/c1-29(2,3)27-22(14-18-6-4-5-7-23(18)31)21-16-20(9-10-24(21)33-27)32-28(34)30(12-13-30)19-8-11-25-26(15-19)36-17-35-25;/h4-11,15-16,33H,12-14,17H2,1-3H3,(H,32,34);1H. The van der Waals surface area contributed by atoms with E-state index >= 15 is 0 Å². The first-order valence-corrected chi connectivity index (χ1v) is 12.3. The number of carbonyl (C=O) groups is 1. The third-order valence-electron chi connectivity index (χ3n) is 7.35. The zero-order valence-electron chi connectivity index (χ0n) is 20.7. The van der Waals surface area contributed by atoms with Crippen molar-refractivity contribution in [1.29, 1.82) is 0 Å². The number of hydrogen-bond donors (Lipinski definition) is 2. The fourth-order valence-corrected chi connectivity index (χ4v) is 5.20. The topological polar surface area (TPSA) is 63.4 Å². The van der Waals surface area contributed by atoms with Gasteiger partial charge in [-0.1, -0.05) is 45.0 Å². The fourth-order valence-electron chi connectivity index (χ4n) is 5.20. The van der Waals surface area contributed by atoms with Gasteiger partial charge in [-0.25, -0.2) is 4.39 Å². The van der Waals surface area contributed by atoms with Crippen LogP contribution < -0.4 is 14.8 Å². The molecule has 2 aliphatic rings. The maximum Gasteiger partial charge on any atom is 0.235 e. The summed E-state index contributed by atoms with van der Waals surface area (Å²) >= 11 is 0. The van der Waals surface area contributed by atoms with E-state index in [9.17, 15) is 9.18 Å². The Kier molecular flexibility index (Phi) is 5.11. The lowest BCUT2D eigenvalue weighted by Crippen LogP contribution is -2.27. The van der Waals surface area contributed by atoms with Gasteiger partial charge in [0.2, 0.25) is 12.7 Å². The van der Waals surface area contributed by atoms with Crippen molar-refractivity contribution in [3.63, 3.8) is 0 Å². The molecule has 2 N–H and O–H groups in total. The summed E-state index contributed by atoms with van der Waals surface area (Å²) in [6, 6.07) is 18.6. The molecule has 186 valence electrons. The summed E-state index contributed by atoms with van der Waals surface area (Å²) in [5.41, 5.74) is 4.72. The molecule has 0 spiro atoms. The minimum Gasteiger partial charge on any atom is -0.454 e. The van der Waals surface area contributed by atoms with E-state index < -0.39 is 5.41 Å². The molecule has 0 radical (unpaired) electrons. The van der Waals surface area contributed by atoms with Gasteiger partial charge in [0.25, 0.3) is 0 Å². The van der Waals surface area contributed by atoms with Crippen LogP contribution in [0.3, 0.4) is 0 Å². The first-order chi connectivity index (χ1) is 17.2. The van der Waals surface area contributed by atoms with Gasteiger partial charge in [-0.2, -0.15) is 0 Å². The molecule has 1 aliphatic heterocycles. The van der Waals surface area contributed by atoms with Crippen molar-refractivity contribution in [2.75, 3.05) is 12.1 Å².